The quantitative estimate of drug-likeness (QED) is 0.766. The van der Waals surface area contributed by atoms with E-state index >= 15 is 0 Å². The molecule has 1 aromatic carbocycles. The van der Waals surface area contributed by atoms with Crippen LogP contribution in [0.15, 0.2) is 34.7 Å². The van der Waals surface area contributed by atoms with Gasteiger partial charge in [0.1, 0.15) is 5.58 Å². The van der Waals surface area contributed by atoms with Gasteiger partial charge in [0.2, 0.25) is 5.76 Å². The second-order valence-electron chi connectivity index (χ2n) is 4.11. The van der Waals surface area contributed by atoms with Gasteiger partial charge in [-0.05, 0) is 12.1 Å². The Hall–Kier alpha value is -2.63. The molecular weight excluding hydrogens is 250 g/mol. The highest BCUT2D eigenvalue weighted by Gasteiger charge is 2.33. The van der Waals surface area contributed by atoms with Gasteiger partial charge in [0, 0.05) is 18.2 Å². The van der Waals surface area contributed by atoms with E-state index in [1.54, 1.807) is 24.3 Å². The van der Waals surface area contributed by atoms with Crippen molar-refractivity contribution in [1.29, 1.82) is 0 Å². The smallest absolute Gasteiger partial charge is 0.399 e. The Labute approximate surface area is 107 Å². The molecule has 3 rings (SSSR count). The van der Waals surface area contributed by atoms with E-state index in [1.165, 1.54) is 6.07 Å². The minimum absolute atomic E-state index is 0.0475. The standard InChI is InChI=1S/C13H9NO5/c15-11-5-6-12(16)14(11)19-13(17)10-7-8-3-1-2-4-9(8)18-10/h1-4,7H,5-6H2. The first-order chi connectivity index (χ1) is 9.15. The molecule has 1 fully saturated rings. The molecule has 2 heterocycles. The van der Waals surface area contributed by atoms with E-state index in [0.717, 1.165) is 5.39 Å². The van der Waals surface area contributed by atoms with Gasteiger partial charge in [-0.1, -0.05) is 18.2 Å². The largest absolute Gasteiger partial charge is 0.449 e. The zero-order chi connectivity index (χ0) is 13.4. The molecular formula is C13H9NO5. The summed E-state index contributed by atoms with van der Waals surface area (Å²) in [5, 5.41) is 1.24. The van der Waals surface area contributed by atoms with Crippen LogP contribution < -0.4 is 0 Å². The maximum atomic E-state index is 11.8. The van der Waals surface area contributed by atoms with Gasteiger partial charge in [0.25, 0.3) is 11.8 Å². The van der Waals surface area contributed by atoms with Crippen molar-refractivity contribution in [3.05, 3.63) is 36.1 Å². The molecule has 1 aliphatic rings. The van der Waals surface area contributed by atoms with Crippen molar-refractivity contribution in [2.45, 2.75) is 12.8 Å². The molecule has 6 heteroatoms. The fraction of sp³-hybridized carbons (Fsp3) is 0.154. The van der Waals surface area contributed by atoms with E-state index in [-0.39, 0.29) is 18.6 Å². The Morgan fingerprint density at radius 2 is 1.84 bits per heavy atom. The lowest BCUT2D eigenvalue weighted by Crippen LogP contribution is -2.31. The molecule has 1 aromatic heterocycles. The highest BCUT2D eigenvalue weighted by molar-refractivity contribution is 6.02. The summed E-state index contributed by atoms with van der Waals surface area (Å²) in [6.45, 7) is 0. The van der Waals surface area contributed by atoms with Crippen LogP contribution in [-0.4, -0.2) is 22.8 Å². The second-order valence-corrected chi connectivity index (χ2v) is 4.11. The molecule has 0 aliphatic carbocycles. The van der Waals surface area contributed by atoms with Crippen molar-refractivity contribution in [3.63, 3.8) is 0 Å². The van der Waals surface area contributed by atoms with Crippen molar-refractivity contribution in [2.75, 3.05) is 0 Å². The molecule has 96 valence electrons. The maximum absolute atomic E-state index is 11.8. The average Bonchev–Trinajstić information content (AvgIpc) is 2.97. The van der Waals surface area contributed by atoms with Crippen molar-refractivity contribution >= 4 is 28.8 Å². The molecule has 1 aliphatic heterocycles. The maximum Gasteiger partial charge on any atom is 0.399 e. The second kappa shape index (κ2) is 4.24. The van der Waals surface area contributed by atoms with E-state index < -0.39 is 17.8 Å². The zero-order valence-corrected chi connectivity index (χ0v) is 9.79. The number of hydrogen-bond donors (Lipinski definition) is 0. The van der Waals surface area contributed by atoms with Crippen LogP contribution in [0.1, 0.15) is 23.4 Å². The normalized spacial score (nSPS) is 15.3. The average molecular weight is 259 g/mol. The van der Waals surface area contributed by atoms with Crippen LogP contribution in [-0.2, 0) is 14.4 Å². The Morgan fingerprint density at radius 3 is 2.53 bits per heavy atom. The number of carbonyl (C=O) groups is 3. The molecule has 2 aromatic rings. The highest BCUT2D eigenvalue weighted by atomic mass is 16.7. The van der Waals surface area contributed by atoms with E-state index in [1.807, 2.05) is 0 Å². The summed E-state index contributed by atoms with van der Waals surface area (Å²) in [4.78, 5) is 39.2. The monoisotopic (exact) mass is 259 g/mol. The lowest BCUT2D eigenvalue weighted by Gasteiger charge is -2.10. The first-order valence-corrected chi connectivity index (χ1v) is 5.72. The van der Waals surface area contributed by atoms with Crippen molar-refractivity contribution in [3.8, 4) is 0 Å². The molecule has 1 saturated heterocycles. The molecule has 0 N–H and O–H groups in total. The van der Waals surface area contributed by atoms with Gasteiger partial charge < -0.3 is 9.25 Å². The number of imide groups is 1. The summed E-state index contributed by atoms with van der Waals surface area (Å²) in [6, 6.07) is 8.57. The summed E-state index contributed by atoms with van der Waals surface area (Å²) >= 11 is 0. The molecule has 0 spiro atoms. The van der Waals surface area contributed by atoms with Crippen LogP contribution in [0, 0.1) is 0 Å². The van der Waals surface area contributed by atoms with E-state index in [0.29, 0.717) is 10.6 Å². The van der Waals surface area contributed by atoms with Crippen LogP contribution >= 0.6 is 0 Å². The Bertz CT molecular complexity index is 638. The lowest BCUT2D eigenvalue weighted by molar-refractivity contribution is -0.173. The van der Waals surface area contributed by atoms with Crippen molar-refractivity contribution in [2.24, 2.45) is 0 Å². The Morgan fingerprint density at radius 1 is 1.16 bits per heavy atom. The number of fused-ring (bicyclic) bond motifs is 1. The van der Waals surface area contributed by atoms with Crippen molar-refractivity contribution in [1.82, 2.24) is 5.06 Å². The SMILES string of the molecule is O=C(ON1C(=O)CCC1=O)c1cc2ccccc2o1. The number of nitrogens with zero attached hydrogens (tertiary/aromatic N) is 1. The third-order valence-corrected chi connectivity index (χ3v) is 2.81. The van der Waals surface area contributed by atoms with Gasteiger partial charge >= 0.3 is 5.97 Å². The predicted molar refractivity (Wildman–Crippen MR) is 62.7 cm³/mol. The number of benzene rings is 1. The zero-order valence-electron chi connectivity index (χ0n) is 9.79. The predicted octanol–water partition coefficient (Wildman–Crippen LogP) is 1.65. The summed E-state index contributed by atoms with van der Waals surface area (Å²) in [5.74, 6) is -1.95. The number of carbonyl (C=O) groups excluding carboxylic acids is 3. The summed E-state index contributed by atoms with van der Waals surface area (Å²) in [5.41, 5.74) is 0.536. The van der Waals surface area contributed by atoms with Gasteiger partial charge in [0.15, 0.2) is 0 Å². The molecule has 2 amide bonds. The van der Waals surface area contributed by atoms with Gasteiger partial charge in [-0.25, -0.2) is 4.79 Å². The first-order valence-electron chi connectivity index (χ1n) is 5.72. The van der Waals surface area contributed by atoms with Gasteiger partial charge in [-0.3, -0.25) is 9.59 Å². The van der Waals surface area contributed by atoms with Crippen LogP contribution in [0.25, 0.3) is 11.0 Å². The van der Waals surface area contributed by atoms with Crippen LogP contribution in [0.4, 0.5) is 0 Å². The molecule has 0 radical (unpaired) electrons. The summed E-state index contributed by atoms with van der Waals surface area (Å²) < 4.78 is 5.29. The minimum Gasteiger partial charge on any atom is -0.449 e. The third kappa shape index (κ3) is 1.97. The number of hydrogen-bond acceptors (Lipinski definition) is 5. The van der Waals surface area contributed by atoms with E-state index in [4.69, 9.17) is 9.25 Å². The number of furan rings is 1. The summed E-state index contributed by atoms with van der Waals surface area (Å²) in [6.07, 6.45) is 0.123. The molecule has 0 unspecified atom stereocenters. The van der Waals surface area contributed by atoms with Gasteiger partial charge in [-0.15, -0.1) is 5.06 Å². The summed E-state index contributed by atoms with van der Waals surface area (Å²) in [7, 11) is 0. The van der Waals surface area contributed by atoms with Gasteiger partial charge in [-0.2, -0.15) is 0 Å². The van der Waals surface area contributed by atoms with Crippen LogP contribution in [0.2, 0.25) is 0 Å². The Balaban J connectivity index is 1.84. The first kappa shape index (κ1) is 11.5. The van der Waals surface area contributed by atoms with Crippen molar-refractivity contribution < 1.29 is 23.6 Å². The highest BCUT2D eigenvalue weighted by Crippen LogP contribution is 2.21. The molecule has 6 nitrogen and oxygen atoms in total. The Kier molecular flexibility index (Phi) is 2.56. The van der Waals surface area contributed by atoms with Crippen LogP contribution in [0.3, 0.4) is 0 Å². The number of hydroxylamine groups is 2. The van der Waals surface area contributed by atoms with E-state index in [9.17, 15) is 14.4 Å². The number of rotatable bonds is 2. The number of amides is 2. The fourth-order valence-electron chi connectivity index (χ4n) is 1.87. The van der Waals surface area contributed by atoms with Crippen LogP contribution in [0.5, 0.6) is 0 Å². The fourth-order valence-corrected chi connectivity index (χ4v) is 1.87. The van der Waals surface area contributed by atoms with Gasteiger partial charge in [0.05, 0.1) is 0 Å². The molecule has 0 saturated carbocycles. The number of para-hydroxylation sites is 1. The topological polar surface area (TPSA) is 76.8 Å². The molecule has 19 heavy (non-hydrogen) atoms. The molecule has 0 bridgehead atoms. The van der Waals surface area contributed by atoms with E-state index in [2.05, 4.69) is 0 Å². The third-order valence-electron chi connectivity index (χ3n) is 2.81. The minimum atomic E-state index is -0.861. The molecule has 0 atom stereocenters. The lowest BCUT2D eigenvalue weighted by atomic mass is 10.2.